The quantitative estimate of drug-likeness (QED) is 0.240. The molecule has 0 unspecified atom stereocenters. The molecule has 4 rings (SSSR count). The third-order valence-electron chi connectivity index (χ3n) is 5.99. The van der Waals surface area contributed by atoms with E-state index in [1.165, 1.54) is 6.07 Å². The topological polar surface area (TPSA) is 100 Å². The lowest BCUT2D eigenvalue weighted by atomic mass is 9.92. The Morgan fingerprint density at radius 1 is 0.912 bits per heavy atom. The Morgan fingerprint density at radius 2 is 1.53 bits per heavy atom. The van der Waals surface area contributed by atoms with Gasteiger partial charge in [-0.25, -0.2) is 0 Å². The first kappa shape index (κ1) is 23.5. The predicted octanol–water partition coefficient (Wildman–Crippen LogP) is 6.26. The second kappa shape index (κ2) is 8.28. The average molecular weight is 463 g/mol. The second-order valence-corrected chi connectivity index (χ2v) is 9.81. The van der Waals surface area contributed by atoms with Gasteiger partial charge in [-0.15, -0.1) is 0 Å². The first-order valence-electron chi connectivity index (χ1n) is 11.3. The van der Waals surface area contributed by atoms with Crippen molar-refractivity contribution in [2.75, 3.05) is 0 Å². The van der Waals surface area contributed by atoms with Crippen molar-refractivity contribution in [2.45, 2.75) is 60.0 Å². The first-order valence-corrected chi connectivity index (χ1v) is 11.3. The minimum absolute atomic E-state index is 0.0101. The summed E-state index contributed by atoms with van der Waals surface area (Å²) in [6.07, 6.45) is 8.18. The molecule has 6 nitrogen and oxygen atoms in total. The molecule has 1 aliphatic heterocycles. The molecule has 3 aromatic rings. The highest BCUT2D eigenvalue weighted by Gasteiger charge is 2.29. The normalized spacial score (nSPS) is 14.1. The van der Waals surface area contributed by atoms with Crippen molar-refractivity contribution in [3.63, 3.8) is 0 Å². The van der Waals surface area contributed by atoms with E-state index in [0.29, 0.717) is 35.3 Å². The molecule has 0 radical (unpaired) electrons. The van der Waals surface area contributed by atoms with Crippen molar-refractivity contribution in [1.82, 2.24) is 0 Å². The Kier molecular flexibility index (Phi) is 5.72. The summed E-state index contributed by atoms with van der Waals surface area (Å²) in [6.45, 7) is 11.5. The molecule has 1 aliphatic rings. The Bertz CT molecular complexity index is 1470. The van der Waals surface area contributed by atoms with Gasteiger partial charge in [-0.2, -0.15) is 0 Å². The number of hydrogen-bond acceptors (Lipinski definition) is 6. The van der Waals surface area contributed by atoms with E-state index in [-0.39, 0.29) is 33.4 Å². The molecule has 0 bridgehead atoms. The number of rotatable bonds is 4. The van der Waals surface area contributed by atoms with Crippen LogP contribution in [0.3, 0.4) is 0 Å². The molecule has 1 aromatic heterocycles. The van der Waals surface area contributed by atoms with Gasteiger partial charge in [0.05, 0.1) is 10.9 Å². The minimum atomic E-state index is -0.595. The number of allylic oxidation sites excluding steroid dienone is 4. The van der Waals surface area contributed by atoms with E-state index in [9.17, 15) is 20.1 Å². The Labute approximate surface area is 198 Å². The lowest BCUT2D eigenvalue weighted by molar-refractivity contribution is 0.158. The number of aromatic hydroxyl groups is 3. The molecule has 0 fully saturated rings. The Balaban J connectivity index is 2.17. The highest BCUT2D eigenvalue weighted by Crippen LogP contribution is 2.45. The molecule has 0 aliphatic carbocycles. The van der Waals surface area contributed by atoms with Crippen molar-refractivity contribution in [3.05, 3.63) is 62.4 Å². The van der Waals surface area contributed by atoms with Crippen molar-refractivity contribution in [1.29, 1.82) is 0 Å². The maximum atomic E-state index is 13.8. The Hall–Kier alpha value is -3.67. The van der Waals surface area contributed by atoms with E-state index in [4.69, 9.17) is 9.15 Å². The molecular weight excluding hydrogens is 432 g/mol. The average Bonchev–Trinajstić information content (AvgIpc) is 2.73. The van der Waals surface area contributed by atoms with E-state index in [0.717, 1.165) is 11.1 Å². The number of phenols is 3. The van der Waals surface area contributed by atoms with Gasteiger partial charge in [0, 0.05) is 11.6 Å². The summed E-state index contributed by atoms with van der Waals surface area (Å²) in [5.74, 6) is -0.701. The third-order valence-corrected chi connectivity index (χ3v) is 5.99. The molecule has 0 spiro atoms. The zero-order chi connectivity index (χ0) is 24.9. The molecule has 0 atom stereocenters. The summed E-state index contributed by atoms with van der Waals surface area (Å²) in [4.78, 5) is 13.8. The van der Waals surface area contributed by atoms with E-state index < -0.39 is 16.8 Å². The van der Waals surface area contributed by atoms with E-state index >= 15 is 0 Å². The molecule has 0 amide bonds. The highest BCUT2D eigenvalue weighted by atomic mass is 16.5. The second-order valence-electron chi connectivity index (χ2n) is 9.81. The first-order chi connectivity index (χ1) is 15.9. The molecule has 178 valence electrons. The molecule has 6 heteroatoms. The zero-order valence-electron chi connectivity index (χ0n) is 20.4. The maximum absolute atomic E-state index is 13.8. The maximum Gasteiger partial charge on any atom is 0.204 e. The Morgan fingerprint density at radius 3 is 2.15 bits per heavy atom. The minimum Gasteiger partial charge on any atom is -0.507 e. The van der Waals surface area contributed by atoms with Crippen LogP contribution < -0.4 is 10.2 Å². The van der Waals surface area contributed by atoms with Crippen LogP contribution in [-0.4, -0.2) is 20.9 Å². The highest BCUT2D eigenvalue weighted by molar-refractivity contribution is 6.02. The molecule has 0 saturated carbocycles. The molecule has 2 heterocycles. The fourth-order valence-corrected chi connectivity index (χ4v) is 4.23. The van der Waals surface area contributed by atoms with Gasteiger partial charge < -0.3 is 24.5 Å². The lowest BCUT2D eigenvalue weighted by Crippen LogP contribution is -2.27. The van der Waals surface area contributed by atoms with Gasteiger partial charge in [0.1, 0.15) is 22.5 Å². The van der Waals surface area contributed by atoms with Crippen molar-refractivity contribution in [2.24, 2.45) is 0 Å². The molecule has 34 heavy (non-hydrogen) atoms. The van der Waals surface area contributed by atoms with Gasteiger partial charge in [-0.3, -0.25) is 4.79 Å². The number of hydrogen-bond donors (Lipinski definition) is 3. The van der Waals surface area contributed by atoms with Crippen LogP contribution >= 0.6 is 0 Å². The van der Waals surface area contributed by atoms with Crippen LogP contribution in [0.4, 0.5) is 0 Å². The standard InChI is InChI=1S/C28H30O6/c1-14(2)7-9-16-17(10-8-15(3)4)23(30)25(32)27-21(16)24(31)22-19(29)13-20-18(26(22)33-27)11-12-28(5,6)34-20/h7-8,11-13,29-30,32H,9-10H2,1-6H3. The summed E-state index contributed by atoms with van der Waals surface area (Å²) in [7, 11) is 0. The lowest BCUT2D eigenvalue weighted by Gasteiger charge is -2.28. The van der Waals surface area contributed by atoms with Crippen LogP contribution in [0.15, 0.2) is 44.7 Å². The van der Waals surface area contributed by atoms with Gasteiger partial charge in [-0.05, 0) is 72.1 Å². The van der Waals surface area contributed by atoms with Crippen LogP contribution in [0.1, 0.15) is 58.2 Å². The number of phenolic OH excluding ortho intramolecular Hbond substituents is 3. The summed E-state index contributed by atoms with van der Waals surface area (Å²) < 4.78 is 12.0. The van der Waals surface area contributed by atoms with Crippen LogP contribution in [0.5, 0.6) is 23.0 Å². The van der Waals surface area contributed by atoms with E-state index in [2.05, 4.69) is 0 Å². The van der Waals surface area contributed by atoms with E-state index in [1.54, 1.807) is 6.08 Å². The molecule has 0 saturated heterocycles. The molecular formula is C28H30O6. The van der Waals surface area contributed by atoms with Gasteiger partial charge in [0.2, 0.25) is 11.2 Å². The predicted molar refractivity (Wildman–Crippen MR) is 135 cm³/mol. The zero-order valence-corrected chi connectivity index (χ0v) is 20.4. The van der Waals surface area contributed by atoms with Gasteiger partial charge >= 0.3 is 0 Å². The van der Waals surface area contributed by atoms with Crippen LogP contribution in [0.25, 0.3) is 28.0 Å². The molecule has 2 aromatic carbocycles. The van der Waals surface area contributed by atoms with Crippen molar-refractivity contribution >= 4 is 28.0 Å². The number of benzene rings is 2. The number of fused-ring (bicyclic) bond motifs is 4. The largest absolute Gasteiger partial charge is 0.507 e. The number of ether oxygens (including phenoxy) is 1. The van der Waals surface area contributed by atoms with Crippen LogP contribution in [-0.2, 0) is 12.8 Å². The van der Waals surface area contributed by atoms with Crippen LogP contribution in [0.2, 0.25) is 0 Å². The third kappa shape index (κ3) is 3.94. The van der Waals surface area contributed by atoms with Gasteiger partial charge in [-0.1, -0.05) is 23.3 Å². The van der Waals surface area contributed by atoms with E-state index in [1.807, 2.05) is 59.8 Å². The fourth-order valence-electron chi connectivity index (χ4n) is 4.23. The van der Waals surface area contributed by atoms with Gasteiger partial charge in [0.25, 0.3) is 0 Å². The fraction of sp³-hybridized carbons (Fsp3) is 0.321. The van der Waals surface area contributed by atoms with Crippen LogP contribution in [0, 0.1) is 0 Å². The summed E-state index contributed by atoms with van der Waals surface area (Å²) in [5, 5.41) is 32.8. The van der Waals surface area contributed by atoms with Crippen molar-refractivity contribution < 1.29 is 24.5 Å². The smallest absolute Gasteiger partial charge is 0.204 e. The van der Waals surface area contributed by atoms with Gasteiger partial charge in [0.15, 0.2) is 16.9 Å². The monoisotopic (exact) mass is 462 g/mol. The summed E-state index contributed by atoms with van der Waals surface area (Å²) in [6, 6.07) is 1.42. The molecule has 3 N–H and O–H groups in total. The van der Waals surface area contributed by atoms with Crippen molar-refractivity contribution in [3.8, 4) is 23.0 Å². The SMILES string of the molecule is CC(C)=CCc1c(O)c(O)c2oc3c4c(cc(O)c3c(=O)c2c1CC=C(C)C)OC(C)(C)C=C4. The summed E-state index contributed by atoms with van der Waals surface area (Å²) in [5.41, 5.74) is 2.51. The summed E-state index contributed by atoms with van der Waals surface area (Å²) >= 11 is 0.